The first-order valence-electron chi connectivity index (χ1n) is 1.83. The second-order valence-corrected chi connectivity index (χ2v) is 2.37. The third-order valence-corrected chi connectivity index (χ3v) is 2.01. The SMILES string of the molecule is O=NC1CSC1. The molecule has 1 rings (SSSR count). The van der Waals surface area contributed by atoms with Gasteiger partial charge in [0.25, 0.3) is 0 Å². The molecule has 2 nitrogen and oxygen atoms in total. The molecule has 0 aromatic carbocycles. The normalized spacial score (nSPS) is 22.7. The van der Waals surface area contributed by atoms with Crippen LogP contribution in [0.1, 0.15) is 0 Å². The van der Waals surface area contributed by atoms with Gasteiger partial charge in [-0.1, -0.05) is 5.18 Å². The minimum Gasteiger partial charge on any atom is -0.157 e. The third-order valence-electron chi connectivity index (χ3n) is 0.770. The second-order valence-electron chi connectivity index (χ2n) is 1.30. The van der Waals surface area contributed by atoms with E-state index >= 15 is 0 Å². The second kappa shape index (κ2) is 1.60. The molecular weight excluding hydrogens is 98.1 g/mol. The molecule has 1 aliphatic heterocycles. The van der Waals surface area contributed by atoms with Crippen molar-refractivity contribution in [2.75, 3.05) is 11.5 Å². The minimum absolute atomic E-state index is 0.148. The molecule has 0 bridgehead atoms. The van der Waals surface area contributed by atoms with E-state index in [9.17, 15) is 4.91 Å². The Labute approximate surface area is 40.3 Å². The van der Waals surface area contributed by atoms with E-state index in [4.69, 9.17) is 0 Å². The summed E-state index contributed by atoms with van der Waals surface area (Å²) in [5.74, 6) is 1.90. The van der Waals surface area contributed by atoms with Crippen molar-refractivity contribution in [2.45, 2.75) is 6.04 Å². The summed E-state index contributed by atoms with van der Waals surface area (Å²) in [5, 5.41) is 2.82. The maximum atomic E-state index is 9.52. The van der Waals surface area contributed by atoms with Crippen molar-refractivity contribution in [1.29, 1.82) is 0 Å². The van der Waals surface area contributed by atoms with Gasteiger partial charge < -0.3 is 0 Å². The first kappa shape index (κ1) is 4.12. The van der Waals surface area contributed by atoms with Crippen LogP contribution in [-0.2, 0) is 0 Å². The Kier molecular flexibility index (Phi) is 1.10. The molecule has 0 N–H and O–H groups in total. The Morgan fingerprint density at radius 3 is 2.33 bits per heavy atom. The van der Waals surface area contributed by atoms with E-state index in [0.29, 0.717) is 0 Å². The first-order valence-corrected chi connectivity index (χ1v) is 2.99. The molecule has 0 aromatic rings. The van der Waals surface area contributed by atoms with Crippen LogP contribution in [0, 0.1) is 4.91 Å². The topological polar surface area (TPSA) is 29.4 Å². The molecule has 1 heterocycles. The Balaban J connectivity index is 2.16. The van der Waals surface area contributed by atoms with Gasteiger partial charge >= 0.3 is 0 Å². The van der Waals surface area contributed by atoms with Crippen LogP contribution < -0.4 is 0 Å². The van der Waals surface area contributed by atoms with Gasteiger partial charge in [-0.25, -0.2) is 0 Å². The zero-order valence-electron chi connectivity index (χ0n) is 3.26. The van der Waals surface area contributed by atoms with Crippen molar-refractivity contribution < 1.29 is 0 Å². The number of hydrogen-bond acceptors (Lipinski definition) is 3. The molecule has 6 heavy (non-hydrogen) atoms. The van der Waals surface area contributed by atoms with Gasteiger partial charge in [-0.05, 0) is 0 Å². The van der Waals surface area contributed by atoms with E-state index in [1.54, 1.807) is 11.8 Å². The lowest BCUT2D eigenvalue weighted by molar-refractivity contribution is 0.813. The highest BCUT2D eigenvalue weighted by atomic mass is 32.2. The van der Waals surface area contributed by atoms with Crippen LogP contribution in [0.5, 0.6) is 0 Å². The molecule has 0 atom stereocenters. The molecular formula is C3H5NOS. The van der Waals surface area contributed by atoms with E-state index in [-0.39, 0.29) is 6.04 Å². The van der Waals surface area contributed by atoms with Crippen LogP contribution in [0.3, 0.4) is 0 Å². The fraction of sp³-hybridized carbons (Fsp3) is 1.00. The number of nitrogens with zero attached hydrogens (tertiary/aromatic N) is 1. The maximum Gasteiger partial charge on any atom is 0.110 e. The predicted octanol–water partition coefficient (Wildman–Crippen LogP) is 0.868. The predicted molar refractivity (Wildman–Crippen MR) is 26.9 cm³/mol. The van der Waals surface area contributed by atoms with Crippen LogP contribution in [0.15, 0.2) is 5.18 Å². The minimum atomic E-state index is 0.148. The van der Waals surface area contributed by atoms with Gasteiger partial charge in [0.05, 0.1) is 0 Å². The van der Waals surface area contributed by atoms with Crippen LogP contribution in [0.4, 0.5) is 0 Å². The summed E-state index contributed by atoms with van der Waals surface area (Å²) < 4.78 is 0. The lowest BCUT2D eigenvalue weighted by Gasteiger charge is -2.15. The molecule has 1 saturated heterocycles. The first-order chi connectivity index (χ1) is 2.93. The fourth-order valence-corrected chi connectivity index (χ4v) is 0.852. The molecule has 0 saturated carbocycles. The van der Waals surface area contributed by atoms with Crippen LogP contribution in [-0.4, -0.2) is 17.5 Å². The zero-order valence-corrected chi connectivity index (χ0v) is 4.07. The lowest BCUT2D eigenvalue weighted by atomic mass is 10.4. The molecule has 0 aromatic heterocycles. The summed E-state index contributed by atoms with van der Waals surface area (Å²) in [6.07, 6.45) is 0. The van der Waals surface area contributed by atoms with Gasteiger partial charge in [-0.3, -0.25) is 0 Å². The van der Waals surface area contributed by atoms with Crippen molar-refractivity contribution >= 4 is 11.8 Å². The number of rotatable bonds is 1. The number of nitroso groups, excluding NO2 is 1. The standard InChI is InChI=1S/C3H5NOS/c5-4-3-1-6-2-3/h3H,1-2H2. The van der Waals surface area contributed by atoms with Crippen molar-refractivity contribution in [3.05, 3.63) is 4.91 Å². The average molecular weight is 103 g/mol. The lowest BCUT2D eigenvalue weighted by Crippen LogP contribution is -2.20. The Hall–Kier alpha value is -0.0500. The van der Waals surface area contributed by atoms with E-state index in [1.165, 1.54) is 0 Å². The van der Waals surface area contributed by atoms with Gasteiger partial charge in [0, 0.05) is 11.5 Å². The number of thioether (sulfide) groups is 1. The quantitative estimate of drug-likeness (QED) is 0.461. The molecule has 0 aliphatic carbocycles. The molecule has 34 valence electrons. The molecule has 1 fully saturated rings. The van der Waals surface area contributed by atoms with Gasteiger partial charge in [0.2, 0.25) is 0 Å². The van der Waals surface area contributed by atoms with Gasteiger partial charge in [0.1, 0.15) is 6.04 Å². The Morgan fingerprint density at radius 1 is 1.67 bits per heavy atom. The van der Waals surface area contributed by atoms with E-state index in [2.05, 4.69) is 5.18 Å². The smallest absolute Gasteiger partial charge is 0.110 e. The summed E-state index contributed by atoms with van der Waals surface area (Å²) in [5.41, 5.74) is 0. The Bertz CT molecular complexity index is 61.8. The van der Waals surface area contributed by atoms with Crippen molar-refractivity contribution in [3.63, 3.8) is 0 Å². The molecule has 1 aliphatic rings. The van der Waals surface area contributed by atoms with E-state index in [0.717, 1.165) is 11.5 Å². The summed E-state index contributed by atoms with van der Waals surface area (Å²) in [4.78, 5) is 9.52. The van der Waals surface area contributed by atoms with Crippen LogP contribution in [0.25, 0.3) is 0 Å². The van der Waals surface area contributed by atoms with Crippen molar-refractivity contribution in [1.82, 2.24) is 0 Å². The summed E-state index contributed by atoms with van der Waals surface area (Å²) >= 11 is 1.78. The van der Waals surface area contributed by atoms with Gasteiger partial charge in [0.15, 0.2) is 0 Å². The summed E-state index contributed by atoms with van der Waals surface area (Å²) in [6, 6.07) is 0.148. The summed E-state index contributed by atoms with van der Waals surface area (Å²) in [6.45, 7) is 0. The maximum absolute atomic E-state index is 9.52. The van der Waals surface area contributed by atoms with Crippen molar-refractivity contribution in [3.8, 4) is 0 Å². The Morgan fingerprint density at radius 2 is 2.33 bits per heavy atom. The highest BCUT2D eigenvalue weighted by molar-refractivity contribution is 8.00. The van der Waals surface area contributed by atoms with Gasteiger partial charge in [-0.2, -0.15) is 16.7 Å². The van der Waals surface area contributed by atoms with Gasteiger partial charge in [-0.15, -0.1) is 0 Å². The molecule has 0 unspecified atom stereocenters. The largest absolute Gasteiger partial charge is 0.157 e. The number of hydrogen-bond donors (Lipinski definition) is 0. The zero-order chi connectivity index (χ0) is 4.41. The monoisotopic (exact) mass is 103 g/mol. The molecule has 3 heteroatoms. The van der Waals surface area contributed by atoms with Crippen molar-refractivity contribution in [2.24, 2.45) is 5.18 Å². The fourth-order valence-electron chi connectivity index (χ4n) is 0.284. The molecule has 0 radical (unpaired) electrons. The highest BCUT2D eigenvalue weighted by Gasteiger charge is 2.17. The summed E-state index contributed by atoms with van der Waals surface area (Å²) in [7, 11) is 0. The third kappa shape index (κ3) is 0.544. The highest BCUT2D eigenvalue weighted by Crippen LogP contribution is 2.19. The molecule has 0 amide bonds. The van der Waals surface area contributed by atoms with E-state index in [1.807, 2.05) is 0 Å². The van der Waals surface area contributed by atoms with E-state index < -0.39 is 0 Å². The average Bonchev–Trinajstić information content (AvgIpc) is 1.31. The molecule has 0 spiro atoms. The van der Waals surface area contributed by atoms with Crippen LogP contribution >= 0.6 is 11.8 Å². The van der Waals surface area contributed by atoms with Crippen LogP contribution in [0.2, 0.25) is 0 Å².